The number of nitrogens with zero attached hydrogens (tertiary/aromatic N) is 3. The van der Waals surface area contributed by atoms with Gasteiger partial charge in [-0.15, -0.1) is 0 Å². The number of amides is 2. The van der Waals surface area contributed by atoms with Crippen LogP contribution in [0, 0.1) is 5.92 Å². The molecule has 2 N–H and O–H groups in total. The van der Waals surface area contributed by atoms with Gasteiger partial charge in [0.15, 0.2) is 0 Å². The molecule has 2 amide bonds. The summed E-state index contributed by atoms with van der Waals surface area (Å²) in [6, 6.07) is -0.0557. The third kappa shape index (κ3) is 4.77. The molecule has 0 radical (unpaired) electrons. The Labute approximate surface area is 124 Å². The first-order chi connectivity index (χ1) is 10.0. The van der Waals surface area contributed by atoms with Gasteiger partial charge >= 0.3 is 12.0 Å². The smallest absolute Gasteiger partial charge is 0.317 e. The SMILES string of the molecule is CC(Cn1ccnc1)NC(=O)N1CCC(CC(=O)O)CC1. The van der Waals surface area contributed by atoms with Gasteiger partial charge in [0.05, 0.1) is 6.33 Å². The molecule has 1 aromatic rings. The predicted octanol–water partition coefficient (Wildman–Crippen LogP) is 1.17. The normalized spacial score (nSPS) is 17.5. The number of nitrogens with one attached hydrogen (secondary N) is 1. The molecule has 1 aliphatic rings. The number of urea groups is 1. The fourth-order valence-electron chi connectivity index (χ4n) is 2.65. The van der Waals surface area contributed by atoms with Crippen LogP contribution in [-0.4, -0.2) is 50.7 Å². The molecule has 0 aliphatic carbocycles. The van der Waals surface area contributed by atoms with Crippen molar-refractivity contribution < 1.29 is 14.7 Å². The highest BCUT2D eigenvalue weighted by Gasteiger charge is 2.24. The van der Waals surface area contributed by atoms with E-state index >= 15 is 0 Å². The van der Waals surface area contributed by atoms with E-state index in [4.69, 9.17) is 5.11 Å². The minimum atomic E-state index is -0.758. The summed E-state index contributed by atoms with van der Waals surface area (Å²) < 4.78 is 1.92. The molecule has 0 saturated carbocycles. The van der Waals surface area contributed by atoms with Gasteiger partial charge in [0, 0.05) is 44.5 Å². The minimum Gasteiger partial charge on any atom is -0.481 e. The van der Waals surface area contributed by atoms with E-state index < -0.39 is 5.97 Å². The van der Waals surface area contributed by atoms with Crippen LogP contribution in [0.2, 0.25) is 0 Å². The number of piperidine rings is 1. The van der Waals surface area contributed by atoms with Crippen molar-refractivity contribution >= 4 is 12.0 Å². The van der Waals surface area contributed by atoms with Gasteiger partial charge in [-0.3, -0.25) is 4.79 Å². The molecule has 1 aromatic heterocycles. The van der Waals surface area contributed by atoms with Crippen LogP contribution in [0.3, 0.4) is 0 Å². The Morgan fingerprint density at radius 3 is 2.71 bits per heavy atom. The second-order valence-corrected chi connectivity index (χ2v) is 5.64. The number of rotatable bonds is 5. The average Bonchev–Trinajstić information content (AvgIpc) is 2.91. The van der Waals surface area contributed by atoms with Gasteiger partial charge in [0.1, 0.15) is 0 Å². The number of aliphatic carboxylic acids is 1. The van der Waals surface area contributed by atoms with E-state index in [1.165, 1.54) is 0 Å². The van der Waals surface area contributed by atoms with Crippen LogP contribution in [0.1, 0.15) is 26.2 Å². The maximum atomic E-state index is 12.1. The number of carbonyl (C=O) groups excluding carboxylic acids is 1. The van der Waals surface area contributed by atoms with Crippen LogP contribution in [0.25, 0.3) is 0 Å². The van der Waals surface area contributed by atoms with Crippen LogP contribution in [0.4, 0.5) is 4.79 Å². The van der Waals surface area contributed by atoms with Crippen molar-refractivity contribution in [2.45, 2.75) is 38.8 Å². The number of carboxylic acid groups (broad SMARTS) is 1. The van der Waals surface area contributed by atoms with Crippen molar-refractivity contribution in [3.8, 4) is 0 Å². The summed E-state index contributed by atoms with van der Waals surface area (Å²) in [6.07, 6.45) is 7.01. The number of aromatic nitrogens is 2. The highest BCUT2D eigenvalue weighted by Crippen LogP contribution is 2.20. The summed E-state index contributed by atoms with van der Waals surface area (Å²) in [5.74, 6) is -0.568. The first kappa shape index (κ1) is 15.3. The molecule has 0 spiro atoms. The summed E-state index contributed by atoms with van der Waals surface area (Å²) >= 11 is 0. The lowest BCUT2D eigenvalue weighted by atomic mass is 9.94. The van der Waals surface area contributed by atoms with Crippen molar-refractivity contribution in [1.82, 2.24) is 19.8 Å². The quantitative estimate of drug-likeness (QED) is 0.853. The zero-order valence-electron chi connectivity index (χ0n) is 12.2. The lowest BCUT2D eigenvalue weighted by Gasteiger charge is -2.32. The number of likely N-dealkylation sites (tertiary alicyclic amines) is 1. The highest BCUT2D eigenvalue weighted by atomic mass is 16.4. The lowest BCUT2D eigenvalue weighted by molar-refractivity contribution is -0.138. The van der Waals surface area contributed by atoms with Crippen molar-refractivity contribution in [1.29, 1.82) is 0 Å². The molecule has 1 aliphatic heterocycles. The molecule has 21 heavy (non-hydrogen) atoms. The third-order valence-electron chi connectivity index (χ3n) is 3.78. The van der Waals surface area contributed by atoms with E-state index in [-0.39, 0.29) is 24.4 Å². The molecule has 1 saturated heterocycles. The van der Waals surface area contributed by atoms with Gasteiger partial charge in [-0.1, -0.05) is 0 Å². The Kier molecular flexibility index (Phi) is 5.19. The summed E-state index contributed by atoms with van der Waals surface area (Å²) in [4.78, 5) is 28.6. The van der Waals surface area contributed by atoms with Gasteiger partial charge in [-0.05, 0) is 25.7 Å². The Hall–Kier alpha value is -2.05. The molecule has 0 bridgehead atoms. The van der Waals surface area contributed by atoms with Crippen molar-refractivity contribution in [3.63, 3.8) is 0 Å². The van der Waals surface area contributed by atoms with E-state index in [1.54, 1.807) is 17.4 Å². The molecular weight excluding hydrogens is 272 g/mol. The monoisotopic (exact) mass is 294 g/mol. The first-order valence-electron chi connectivity index (χ1n) is 7.27. The van der Waals surface area contributed by atoms with Crippen molar-refractivity contribution in [2.24, 2.45) is 5.92 Å². The van der Waals surface area contributed by atoms with Gasteiger partial charge in [0.2, 0.25) is 0 Å². The second-order valence-electron chi connectivity index (χ2n) is 5.64. The van der Waals surface area contributed by atoms with Gasteiger partial charge in [-0.25, -0.2) is 9.78 Å². The van der Waals surface area contributed by atoms with E-state index in [2.05, 4.69) is 10.3 Å². The van der Waals surface area contributed by atoms with Crippen LogP contribution < -0.4 is 5.32 Å². The maximum Gasteiger partial charge on any atom is 0.317 e. The lowest BCUT2D eigenvalue weighted by Crippen LogP contribution is -2.48. The minimum absolute atomic E-state index is 0.0171. The predicted molar refractivity (Wildman–Crippen MR) is 76.8 cm³/mol. The Morgan fingerprint density at radius 1 is 1.43 bits per heavy atom. The van der Waals surface area contributed by atoms with Crippen molar-refractivity contribution in [2.75, 3.05) is 13.1 Å². The van der Waals surface area contributed by atoms with Crippen LogP contribution in [0.5, 0.6) is 0 Å². The number of imidazole rings is 1. The van der Waals surface area contributed by atoms with E-state index in [0.29, 0.717) is 19.6 Å². The summed E-state index contributed by atoms with van der Waals surface area (Å²) in [5.41, 5.74) is 0. The van der Waals surface area contributed by atoms with Crippen LogP contribution >= 0.6 is 0 Å². The number of hydrogen-bond acceptors (Lipinski definition) is 3. The Morgan fingerprint density at radius 2 is 2.14 bits per heavy atom. The molecule has 1 fully saturated rings. The largest absolute Gasteiger partial charge is 0.481 e. The van der Waals surface area contributed by atoms with E-state index in [9.17, 15) is 9.59 Å². The van der Waals surface area contributed by atoms with Crippen molar-refractivity contribution in [3.05, 3.63) is 18.7 Å². The topological polar surface area (TPSA) is 87.5 Å². The highest BCUT2D eigenvalue weighted by molar-refractivity contribution is 5.74. The maximum absolute atomic E-state index is 12.1. The number of hydrogen-bond donors (Lipinski definition) is 2. The summed E-state index contributed by atoms with van der Waals surface area (Å²) in [6.45, 7) is 3.89. The van der Waals surface area contributed by atoms with Gasteiger partial charge in [0.25, 0.3) is 0 Å². The fraction of sp³-hybridized carbons (Fsp3) is 0.643. The summed E-state index contributed by atoms with van der Waals surface area (Å²) in [5, 5.41) is 11.7. The van der Waals surface area contributed by atoms with Crippen LogP contribution in [-0.2, 0) is 11.3 Å². The second kappa shape index (κ2) is 7.10. The molecular formula is C14H22N4O3. The summed E-state index contributed by atoms with van der Waals surface area (Å²) in [7, 11) is 0. The Balaban J connectivity index is 1.73. The first-order valence-corrected chi connectivity index (χ1v) is 7.27. The fourth-order valence-corrected chi connectivity index (χ4v) is 2.65. The Bertz CT molecular complexity index is 467. The molecule has 7 nitrogen and oxygen atoms in total. The number of carboxylic acids is 1. The van der Waals surface area contributed by atoms with Gasteiger partial charge in [-0.2, -0.15) is 0 Å². The molecule has 2 heterocycles. The molecule has 0 aromatic carbocycles. The molecule has 2 rings (SSSR count). The standard InChI is InChI=1S/C14H22N4O3/c1-11(9-17-7-4-15-10-17)16-14(21)18-5-2-12(3-6-18)8-13(19)20/h4,7,10-12H,2-3,5-6,8-9H2,1H3,(H,16,21)(H,19,20). The third-order valence-corrected chi connectivity index (χ3v) is 3.78. The zero-order valence-corrected chi connectivity index (χ0v) is 12.2. The average molecular weight is 294 g/mol. The number of carbonyl (C=O) groups is 2. The van der Waals surface area contributed by atoms with Gasteiger partial charge < -0.3 is 19.9 Å². The molecule has 1 atom stereocenters. The molecule has 7 heteroatoms. The van der Waals surface area contributed by atoms with E-state index in [1.807, 2.05) is 17.7 Å². The molecule has 116 valence electrons. The molecule has 1 unspecified atom stereocenters. The zero-order chi connectivity index (χ0) is 15.2. The van der Waals surface area contributed by atoms with E-state index in [0.717, 1.165) is 12.8 Å². The van der Waals surface area contributed by atoms with Crippen LogP contribution in [0.15, 0.2) is 18.7 Å².